The van der Waals surface area contributed by atoms with Gasteiger partial charge in [0, 0.05) is 5.56 Å². The zero-order valence-corrected chi connectivity index (χ0v) is 8.35. The Balaban J connectivity index is 2.71. The third kappa shape index (κ3) is 1.000. The van der Waals surface area contributed by atoms with Crippen LogP contribution in [0.1, 0.15) is 24.2 Å². The smallest absolute Gasteiger partial charge is 0.182 e. The first-order valence-corrected chi connectivity index (χ1v) is 5.26. The molecule has 1 unspecified atom stereocenters. The summed E-state index contributed by atoms with van der Waals surface area (Å²) in [6, 6.07) is 7.11. The fourth-order valence-electron chi connectivity index (χ4n) is 1.50. The molecule has 1 aromatic rings. The second-order valence-electron chi connectivity index (χ2n) is 3.60. The molecule has 1 aromatic carbocycles. The third-order valence-electron chi connectivity index (χ3n) is 2.34. The number of carbonyl (C=O) groups is 1. The maximum absolute atomic E-state index is 11.8. The molecule has 1 aliphatic rings. The Morgan fingerprint density at radius 2 is 1.85 bits per heavy atom. The molecule has 0 saturated heterocycles. The Morgan fingerprint density at radius 3 is 2.46 bits per heavy atom. The fraction of sp³-hybridized carbons (Fsp3) is 0.300. The van der Waals surface area contributed by atoms with Gasteiger partial charge in [0.15, 0.2) is 5.78 Å². The third-order valence-corrected chi connectivity index (χ3v) is 4.21. The molecule has 1 heterocycles. The number of carbonyl (C=O) groups excluding carboxylic acids is 1. The molecule has 0 bridgehead atoms. The minimum Gasteiger partial charge on any atom is -0.292 e. The van der Waals surface area contributed by atoms with Gasteiger partial charge in [0.05, 0.1) is 15.7 Å². The molecule has 0 saturated carbocycles. The van der Waals surface area contributed by atoms with Crippen molar-refractivity contribution in [3.05, 3.63) is 29.8 Å². The lowest BCUT2D eigenvalue weighted by molar-refractivity contribution is 0.0960. The molecule has 2 nitrogen and oxygen atoms in total. The SMILES string of the molecule is CC1(C)C(=O)c2ccccc2S1=O. The van der Waals surface area contributed by atoms with Crippen LogP contribution in [0, 0.1) is 0 Å². The highest BCUT2D eigenvalue weighted by Crippen LogP contribution is 2.34. The predicted octanol–water partition coefficient (Wildman–Crippen LogP) is 1.77. The molecule has 1 aliphatic heterocycles. The normalized spacial score (nSPS) is 24.5. The van der Waals surface area contributed by atoms with Crippen molar-refractivity contribution in [1.82, 2.24) is 0 Å². The molecular formula is C10H10O2S. The van der Waals surface area contributed by atoms with Gasteiger partial charge in [-0.15, -0.1) is 0 Å². The van der Waals surface area contributed by atoms with E-state index in [0.29, 0.717) is 10.5 Å². The largest absolute Gasteiger partial charge is 0.292 e. The van der Waals surface area contributed by atoms with E-state index in [1.54, 1.807) is 32.0 Å². The van der Waals surface area contributed by atoms with Gasteiger partial charge in [0.2, 0.25) is 0 Å². The summed E-state index contributed by atoms with van der Waals surface area (Å²) in [5, 5.41) is 0. The molecule has 1 atom stereocenters. The van der Waals surface area contributed by atoms with Gasteiger partial charge in [-0.05, 0) is 19.9 Å². The maximum Gasteiger partial charge on any atom is 0.182 e. The van der Waals surface area contributed by atoms with Crippen molar-refractivity contribution in [2.24, 2.45) is 0 Å². The highest BCUT2D eigenvalue weighted by atomic mass is 32.2. The lowest BCUT2D eigenvalue weighted by atomic mass is 10.0. The summed E-state index contributed by atoms with van der Waals surface area (Å²) in [4.78, 5) is 12.4. The van der Waals surface area contributed by atoms with E-state index in [2.05, 4.69) is 0 Å². The summed E-state index contributed by atoms with van der Waals surface area (Å²) < 4.78 is 11.1. The molecule has 0 amide bonds. The summed E-state index contributed by atoms with van der Waals surface area (Å²) in [5.41, 5.74) is 0.617. The van der Waals surface area contributed by atoms with E-state index in [1.165, 1.54) is 0 Å². The van der Waals surface area contributed by atoms with E-state index in [1.807, 2.05) is 6.07 Å². The number of ketones is 1. The standard InChI is InChI=1S/C10H10O2S/c1-10(2)9(11)7-5-3-4-6-8(7)13(10)12/h3-6H,1-2H3. The quantitative estimate of drug-likeness (QED) is 0.630. The lowest BCUT2D eigenvalue weighted by Crippen LogP contribution is -2.29. The van der Waals surface area contributed by atoms with E-state index >= 15 is 0 Å². The van der Waals surface area contributed by atoms with Gasteiger partial charge < -0.3 is 0 Å². The molecule has 0 aliphatic carbocycles. The fourth-order valence-corrected chi connectivity index (χ4v) is 2.89. The van der Waals surface area contributed by atoms with Crippen LogP contribution in [0.5, 0.6) is 0 Å². The molecule has 0 N–H and O–H groups in total. The summed E-state index contributed by atoms with van der Waals surface area (Å²) in [6.07, 6.45) is 0. The zero-order valence-electron chi connectivity index (χ0n) is 7.53. The van der Waals surface area contributed by atoms with Crippen molar-refractivity contribution in [1.29, 1.82) is 0 Å². The Morgan fingerprint density at radius 1 is 1.23 bits per heavy atom. The van der Waals surface area contributed by atoms with Crippen LogP contribution < -0.4 is 0 Å². The number of benzene rings is 1. The number of hydrogen-bond donors (Lipinski definition) is 0. The molecule has 0 radical (unpaired) electrons. The van der Waals surface area contributed by atoms with Crippen molar-refractivity contribution in [2.75, 3.05) is 0 Å². The first-order valence-electron chi connectivity index (χ1n) is 4.11. The molecule has 3 heteroatoms. The first-order chi connectivity index (χ1) is 6.05. The monoisotopic (exact) mass is 194 g/mol. The van der Waals surface area contributed by atoms with Gasteiger partial charge in [-0.2, -0.15) is 0 Å². The van der Waals surface area contributed by atoms with Crippen molar-refractivity contribution in [2.45, 2.75) is 23.5 Å². The van der Waals surface area contributed by atoms with Crippen LogP contribution in [0.4, 0.5) is 0 Å². The van der Waals surface area contributed by atoms with Gasteiger partial charge in [0.25, 0.3) is 0 Å². The molecule has 68 valence electrons. The predicted molar refractivity (Wildman–Crippen MR) is 51.3 cm³/mol. The summed E-state index contributed by atoms with van der Waals surface area (Å²) >= 11 is 0. The topological polar surface area (TPSA) is 34.1 Å². The van der Waals surface area contributed by atoms with E-state index in [-0.39, 0.29) is 5.78 Å². The molecule has 2 rings (SSSR count). The minimum atomic E-state index is -1.19. The van der Waals surface area contributed by atoms with Gasteiger partial charge in [-0.1, -0.05) is 18.2 Å². The summed E-state index contributed by atoms with van der Waals surface area (Å²) in [5.74, 6) is -0.0126. The van der Waals surface area contributed by atoms with E-state index < -0.39 is 15.5 Å². The van der Waals surface area contributed by atoms with E-state index in [9.17, 15) is 9.00 Å². The van der Waals surface area contributed by atoms with Crippen LogP contribution in [0.2, 0.25) is 0 Å². The second-order valence-corrected chi connectivity index (χ2v) is 5.60. The first kappa shape index (κ1) is 8.63. The van der Waals surface area contributed by atoms with Crippen LogP contribution >= 0.6 is 0 Å². The van der Waals surface area contributed by atoms with Crippen molar-refractivity contribution >= 4 is 16.6 Å². The second kappa shape index (κ2) is 2.51. The molecule has 0 spiro atoms. The Bertz CT molecular complexity index is 370. The summed E-state index contributed by atoms with van der Waals surface area (Å²) in [7, 11) is -1.19. The van der Waals surface area contributed by atoms with Crippen molar-refractivity contribution < 1.29 is 9.00 Å². The Labute approximate surface area is 79.4 Å². The number of fused-ring (bicyclic) bond motifs is 1. The lowest BCUT2D eigenvalue weighted by Gasteiger charge is -2.12. The van der Waals surface area contributed by atoms with Crippen LogP contribution in [0.15, 0.2) is 29.2 Å². The van der Waals surface area contributed by atoms with Crippen LogP contribution in [0.3, 0.4) is 0 Å². The molecular weight excluding hydrogens is 184 g/mol. The van der Waals surface area contributed by atoms with Crippen LogP contribution in [0.25, 0.3) is 0 Å². The van der Waals surface area contributed by atoms with Gasteiger partial charge in [-0.25, -0.2) is 0 Å². The van der Waals surface area contributed by atoms with Crippen molar-refractivity contribution in [3.63, 3.8) is 0 Å². The highest BCUT2D eigenvalue weighted by Gasteiger charge is 2.44. The van der Waals surface area contributed by atoms with Gasteiger partial charge >= 0.3 is 0 Å². The Hall–Kier alpha value is -0.960. The number of hydrogen-bond acceptors (Lipinski definition) is 2. The number of rotatable bonds is 0. The van der Waals surface area contributed by atoms with Crippen molar-refractivity contribution in [3.8, 4) is 0 Å². The van der Waals surface area contributed by atoms with E-state index in [0.717, 1.165) is 0 Å². The summed E-state index contributed by atoms with van der Waals surface area (Å²) in [6.45, 7) is 3.46. The Kier molecular flexibility index (Phi) is 1.67. The van der Waals surface area contributed by atoms with Crippen LogP contribution in [-0.2, 0) is 10.8 Å². The average Bonchev–Trinajstić information content (AvgIpc) is 2.30. The van der Waals surface area contributed by atoms with E-state index in [4.69, 9.17) is 0 Å². The van der Waals surface area contributed by atoms with Gasteiger partial charge in [0.1, 0.15) is 4.75 Å². The zero-order chi connectivity index (χ0) is 9.64. The maximum atomic E-state index is 11.8. The average molecular weight is 194 g/mol. The molecule has 0 aromatic heterocycles. The minimum absolute atomic E-state index is 0.0126. The van der Waals surface area contributed by atoms with Crippen LogP contribution in [-0.4, -0.2) is 14.7 Å². The molecule has 0 fully saturated rings. The van der Waals surface area contributed by atoms with Gasteiger partial charge in [-0.3, -0.25) is 9.00 Å². The molecule has 13 heavy (non-hydrogen) atoms. The highest BCUT2D eigenvalue weighted by molar-refractivity contribution is 7.88. The number of Topliss-reactive ketones (excluding diaryl/α,β-unsaturated/α-hetero) is 1.